The molecule has 0 bridgehead atoms. The summed E-state index contributed by atoms with van der Waals surface area (Å²) in [6.07, 6.45) is 0.0832. The number of anilines is 1. The van der Waals surface area contributed by atoms with Gasteiger partial charge >= 0.3 is 12.0 Å². The highest BCUT2D eigenvalue weighted by Crippen LogP contribution is 2.19. The Morgan fingerprint density at radius 3 is 2.55 bits per heavy atom. The number of hydrogen-bond acceptors (Lipinski definition) is 2. The Balaban J connectivity index is 2.64. The lowest BCUT2D eigenvalue weighted by Crippen LogP contribution is -2.32. The SMILES string of the molecule is CN(CCCC(=O)O)C(=O)Nc1cc(F)cc(F)c1F. The molecule has 1 aromatic carbocycles. The van der Waals surface area contributed by atoms with Gasteiger partial charge in [-0.25, -0.2) is 18.0 Å². The number of carboxylic acids is 1. The van der Waals surface area contributed by atoms with Crippen LogP contribution in [0.5, 0.6) is 0 Å². The minimum Gasteiger partial charge on any atom is -0.481 e. The number of nitrogens with one attached hydrogen (secondary N) is 1. The predicted molar refractivity (Wildman–Crippen MR) is 64.8 cm³/mol. The third kappa shape index (κ3) is 4.45. The van der Waals surface area contributed by atoms with Crippen LogP contribution in [-0.2, 0) is 4.79 Å². The number of carbonyl (C=O) groups excluding carboxylic acids is 1. The van der Waals surface area contributed by atoms with Gasteiger partial charge in [-0.3, -0.25) is 4.79 Å². The molecule has 110 valence electrons. The van der Waals surface area contributed by atoms with Gasteiger partial charge in [-0.05, 0) is 6.42 Å². The van der Waals surface area contributed by atoms with E-state index in [4.69, 9.17) is 5.11 Å². The van der Waals surface area contributed by atoms with Crippen molar-refractivity contribution >= 4 is 17.7 Å². The van der Waals surface area contributed by atoms with Gasteiger partial charge in [0.05, 0.1) is 5.69 Å². The molecule has 0 spiro atoms. The molecule has 0 heterocycles. The summed E-state index contributed by atoms with van der Waals surface area (Å²) in [6, 6.07) is 0.225. The minimum atomic E-state index is -1.41. The number of carbonyl (C=O) groups is 2. The summed E-state index contributed by atoms with van der Waals surface area (Å²) in [5.74, 6) is -4.79. The maximum absolute atomic E-state index is 13.3. The number of carboxylic acid groups (broad SMARTS) is 1. The molecule has 1 aromatic rings. The first-order valence-corrected chi connectivity index (χ1v) is 5.69. The number of hydrogen-bond donors (Lipinski definition) is 2. The van der Waals surface area contributed by atoms with Crippen molar-refractivity contribution in [3.63, 3.8) is 0 Å². The van der Waals surface area contributed by atoms with Crippen LogP contribution in [0.15, 0.2) is 12.1 Å². The van der Waals surface area contributed by atoms with Gasteiger partial charge in [-0.2, -0.15) is 0 Å². The minimum absolute atomic E-state index is 0.109. The van der Waals surface area contributed by atoms with Crippen LogP contribution in [0.4, 0.5) is 23.7 Å². The molecule has 0 aliphatic heterocycles. The number of nitrogens with zero attached hydrogens (tertiary/aromatic N) is 1. The average molecular weight is 290 g/mol. The fourth-order valence-electron chi connectivity index (χ4n) is 1.43. The highest BCUT2D eigenvalue weighted by molar-refractivity contribution is 5.89. The second-order valence-corrected chi connectivity index (χ2v) is 4.10. The molecule has 1 rings (SSSR count). The zero-order valence-electron chi connectivity index (χ0n) is 10.6. The van der Waals surface area contributed by atoms with Gasteiger partial charge in [0.2, 0.25) is 0 Å². The Bertz CT molecular complexity index is 523. The molecule has 0 unspecified atom stereocenters. The fourth-order valence-corrected chi connectivity index (χ4v) is 1.43. The zero-order chi connectivity index (χ0) is 15.3. The molecular formula is C12H13F3N2O3. The number of amides is 2. The monoisotopic (exact) mass is 290 g/mol. The van der Waals surface area contributed by atoms with Crippen molar-refractivity contribution in [1.29, 1.82) is 0 Å². The van der Waals surface area contributed by atoms with E-state index in [0.717, 1.165) is 4.90 Å². The van der Waals surface area contributed by atoms with Crippen molar-refractivity contribution in [3.05, 3.63) is 29.6 Å². The molecule has 20 heavy (non-hydrogen) atoms. The molecule has 0 radical (unpaired) electrons. The maximum atomic E-state index is 13.3. The van der Waals surface area contributed by atoms with E-state index in [2.05, 4.69) is 0 Å². The van der Waals surface area contributed by atoms with Crippen molar-refractivity contribution < 1.29 is 27.9 Å². The zero-order valence-corrected chi connectivity index (χ0v) is 10.6. The number of rotatable bonds is 5. The van der Waals surface area contributed by atoms with E-state index in [1.165, 1.54) is 7.05 Å². The highest BCUT2D eigenvalue weighted by atomic mass is 19.2. The summed E-state index contributed by atoms with van der Waals surface area (Å²) in [7, 11) is 1.35. The molecule has 0 fully saturated rings. The summed E-state index contributed by atoms with van der Waals surface area (Å²) < 4.78 is 39.2. The van der Waals surface area contributed by atoms with Gasteiger partial charge < -0.3 is 15.3 Å². The smallest absolute Gasteiger partial charge is 0.321 e. The molecule has 2 N–H and O–H groups in total. The molecule has 0 aliphatic carbocycles. The first-order chi connectivity index (χ1) is 9.31. The predicted octanol–water partition coefficient (Wildman–Crippen LogP) is 2.43. The van der Waals surface area contributed by atoms with Crippen molar-refractivity contribution in [3.8, 4) is 0 Å². The van der Waals surface area contributed by atoms with E-state index in [9.17, 15) is 22.8 Å². The second kappa shape index (κ2) is 6.78. The number of benzene rings is 1. The van der Waals surface area contributed by atoms with Crippen LogP contribution in [0.1, 0.15) is 12.8 Å². The lowest BCUT2D eigenvalue weighted by molar-refractivity contribution is -0.137. The Labute approximate surface area is 113 Å². The third-order valence-corrected chi connectivity index (χ3v) is 2.47. The van der Waals surface area contributed by atoms with E-state index in [-0.39, 0.29) is 19.4 Å². The van der Waals surface area contributed by atoms with Crippen LogP contribution < -0.4 is 5.32 Å². The topological polar surface area (TPSA) is 69.6 Å². The first kappa shape index (κ1) is 15.8. The maximum Gasteiger partial charge on any atom is 0.321 e. The number of aliphatic carboxylic acids is 1. The van der Waals surface area contributed by atoms with Crippen molar-refractivity contribution in [2.45, 2.75) is 12.8 Å². The Kier molecular flexibility index (Phi) is 5.36. The molecule has 0 saturated heterocycles. The average Bonchev–Trinajstić information content (AvgIpc) is 2.34. The van der Waals surface area contributed by atoms with Gasteiger partial charge in [0.15, 0.2) is 11.6 Å². The number of urea groups is 1. The molecule has 8 heteroatoms. The Hall–Kier alpha value is -2.25. The van der Waals surface area contributed by atoms with Crippen LogP contribution in [0.3, 0.4) is 0 Å². The Morgan fingerprint density at radius 1 is 1.30 bits per heavy atom. The Morgan fingerprint density at radius 2 is 1.95 bits per heavy atom. The fraction of sp³-hybridized carbons (Fsp3) is 0.333. The van der Waals surface area contributed by atoms with E-state index in [0.29, 0.717) is 12.1 Å². The summed E-state index contributed by atoms with van der Waals surface area (Å²) in [5, 5.41) is 10.5. The van der Waals surface area contributed by atoms with E-state index >= 15 is 0 Å². The standard InChI is InChI=1S/C12H13F3N2O3/c1-17(4-2-3-10(18)19)12(20)16-9-6-7(13)5-8(14)11(9)15/h5-6H,2-4H2,1H3,(H,16,20)(H,18,19). The number of halogens is 3. The second-order valence-electron chi connectivity index (χ2n) is 4.10. The molecule has 5 nitrogen and oxygen atoms in total. The molecule has 0 atom stereocenters. The van der Waals surface area contributed by atoms with Crippen LogP contribution in [0, 0.1) is 17.5 Å². The summed E-state index contributed by atoms with van der Waals surface area (Å²) in [6.45, 7) is 0.109. The van der Waals surface area contributed by atoms with Crippen molar-refractivity contribution in [1.82, 2.24) is 4.90 Å². The molecule has 0 aliphatic rings. The van der Waals surface area contributed by atoms with Gasteiger partial charge in [-0.1, -0.05) is 0 Å². The first-order valence-electron chi connectivity index (χ1n) is 5.69. The van der Waals surface area contributed by atoms with E-state index in [1.807, 2.05) is 5.32 Å². The largest absolute Gasteiger partial charge is 0.481 e. The van der Waals surface area contributed by atoms with E-state index in [1.54, 1.807) is 0 Å². The summed E-state index contributed by atoms with van der Waals surface area (Å²) >= 11 is 0. The van der Waals surface area contributed by atoms with Gasteiger partial charge in [0.1, 0.15) is 5.82 Å². The summed E-state index contributed by atoms with van der Waals surface area (Å²) in [5.41, 5.74) is -0.613. The van der Waals surface area contributed by atoms with Crippen LogP contribution in [0.25, 0.3) is 0 Å². The van der Waals surface area contributed by atoms with Crippen LogP contribution in [-0.4, -0.2) is 35.6 Å². The summed E-state index contributed by atoms with van der Waals surface area (Å²) in [4.78, 5) is 23.0. The molecule has 2 amide bonds. The normalized spacial score (nSPS) is 10.2. The molecule has 0 saturated carbocycles. The molecule has 0 aromatic heterocycles. The third-order valence-electron chi connectivity index (χ3n) is 2.47. The lowest BCUT2D eigenvalue weighted by atomic mass is 10.3. The lowest BCUT2D eigenvalue weighted by Gasteiger charge is -2.17. The van der Waals surface area contributed by atoms with Crippen LogP contribution >= 0.6 is 0 Å². The van der Waals surface area contributed by atoms with Crippen molar-refractivity contribution in [2.24, 2.45) is 0 Å². The van der Waals surface area contributed by atoms with E-state index < -0.39 is 35.1 Å². The molecular weight excluding hydrogens is 277 g/mol. The van der Waals surface area contributed by atoms with Gasteiger partial charge in [0.25, 0.3) is 0 Å². The van der Waals surface area contributed by atoms with Crippen molar-refractivity contribution in [2.75, 3.05) is 18.9 Å². The quantitative estimate of drug-likeness (QED) is 0.818. The van der Waals surface area contributed by atoms with Gasteiger partial charge in [0, 0.05) is 32.1 Å². The van der Waals surface area contributed by atoms with Gasteiger partial charge in [-0.15, -0.1) is 0 Å². The van der Waals surface area contributed by atoms with Crippen LogP contribution in [0.2, 0.25) is 0 Å². The highest BCUT2D eigenvalue weighted by Gasteiger charge is 2.15.